The normalized spacial score (nSPS) is 13.9. The molecule has 0 aromatic heterocycles. The van der Waals surface area contributed by atoms with Gasteiger partial charge < -0.3 is 24.8 Å². The van der Waals surface area contributed by atoms with Gasteiger partial charge in [-0.15, -0.1) is 0 Å². The predicted molar refractivity (Wildman–Crippen MR) is 137 cm³/mol. The summed E-state index contributed by atoms with van der Waals surface area (Å²) >= 11 is 0. The molecule has 2 aromatic carbocycles. The van der Waals surface area contributed by atoms with Crippen LogP contribution in [-0.4, -0.2) is 61.7 Å². The van der Waals surface area contributed by atoms with Crippen LogP contribution in [-0.2, 0) is 27.2 Å². The minimum atomic E-state index is -1.28. The van der Waals surface area contributed by atoms with E-state index in [9.17, 15) is 14.7 Å². The Labute approximate surface area is 208 Å². The zero-order valence-corrected chi connectivity index (χ0v) is 21.6. The molecule has 3 atom stereocenters. The minimum absolute atomic E-state index is 0.171. The summed E-state index contributed by atoms with van der Waals surface area (Å²) in [4.78, 5) is 27.4. The summed E-state index contributed by atoms with van der Waals surface area (Å²) in [5.74, 6) is -0.589. The van der Waals surface area contributed by atoms with E-state index >= 15 is 0 Å². The highest BCUT2D eigenvalue weighted by atomic mass is 16.6. The van der Waals surface area contributed by atoms with Crippen molar-refractivity contribution in [1.82, 2.24) is 10.6 Å². The number of aliphatic hydroxyl groups is 1. The fourth-order valence-electron chi connectivity index (χ4n) is 3.53. The summed E-state index contributed by atoms with van der Waals surface area (Å²) in [6.07, 6.45) is -1.64. The number of alkyl carbamates (subject to hydrolysis) is 1. The van der Waals surface area contributed by atoms with Crippen molar-refractivity contribution in [3.8, 4) is 0 Å². The maximum absolute atomic E-state index is 12.8. The molecule has 0 heterocycles. The van der Waals surface area contributed by atoms with Crippen molar-refractivity contribution in [1.29, 1.82) is 0 Å². The van der Waals surface area contributed by atoms with E-state index in [1.165, 1.54) is 0 Å². The van der Waals surface area contributed by atoms with Gasteiger partial charge in [-0.3, -0.25) is 10.1 Å². The van der Waals surface area contributed by atoms with Crippen LogP contribution in [0.15, 0.2) is 54.6 Å². The van der Waals surface area contributed by atoms with Crippen molar-refractivity contribution in [3.05, 3.63) is 65.7 Å². The number of aliphatic hydroxyl groups excluding tert-OH is 1. The Bertz CT molecular complexity index is 926. The fourth-order valence-corrected chi connectivity index (χ4v) is 3.53. The summed E-state index contributed by atoms with van der Waals surface area (Å²) in [7, 11) is 3.93. The quantitative estimate of drug-likeness (QED) is 0.420. The van der Waals surface area contributed by atoms with Gasteiger partial charge in [0.25, 0.3) is 0 Å². The lowest BCUT2D eigenvalue weighted by atomic mass is 9.96. The molecule has 0 fully saturated rings. The van der Waals surface area contributed by atoms with Gasteiger partial charge in [-0.25, -0.2) is 4.79 Å². The Morgan fingerprint density at radius 3 is 2.17 bits per heavy atom. The van der Waals surface area contributed by atoms with Crippen molar-refractivity contribution >= 4 is 17.7 Å². The largest absolute Gasteiger partial charge is 0.465 e. The Hall–Kier alpha value is -3.10. The summed E-state index contributed by atoms with van der Waals surface area (Å²) in [6.45, 7) is 7.50. The molecule has 0 saturated heterocycles. The SMILES string of the molecule is CCOC(=O)[C@H](NCc1ccc(N(C)C)cc1)[C@H](O)[C@H](Cc1ccccc1)NC(=O)OC(C)(C)C. The van der Waals surface area contributed by atoms with Gasteiger partial charge in [0.15, 0.2) is 0 Å². The molecule has 0 aliphatic heterocycles. The van der Waals surface area contributed by atoms with Gasteiger partial charge in [-0.2, -0.15) is 0 Å². The maximum Gasteiger partial charge on any atom is 0.407 e. The van der Waals surface area contributed by atoms with E-state index < -0.39 is 35.9 Å². The number of carbonyl (C=O) groups is 2. The molecule has 2 rings (SSSR count). The lowest BCUT2D eigenvalue weighted by molar-refractivity contribution is -0.149. The van der Waals surface area contributed by atoms with Gasteiger partial charge in [0, 0.05) is 26.3 Å². The number of amides is 1. The van der Waals surface area contributed by atoms with Crippen molar-refractivity contribution in [2.45, 2.75) is 64.4 Å². The maximum atomic E-state index is 12.8. The summed E-state index contributed by atoms with van der Waals surface area (Å²) in [5, 5.41) is 17.2. The van der Waals surface area contributed by atoms with Gasteiger partial charge >= 0.3 is 12.1 Å². The molecule has 35 heavy (non-hydrogen) atoms. The van der Waals surface area contributed by atoms with Crippen molar-refractivity contribution in [2.24, 2.45) is 0 Å². The van der Waals surface area contributed by atoms with Crippen LogP contribution in [0.4, 0.5) is 10.5 Å². The number of ether oxygens (including phenoxy) is 2. The number of nitrogens with one attached hydrogen (secondary N) is 2. The molecule has 8 nitrogen and oxygen atoms in total. The van der Waals surface area contributed by atoms with Crippen LogP contribution in [0.3, 0.4) is 0 Å². The fraction of sp³-hybridized carbons (Fsp3) is 0.481. The van der Waals surface area contributed by atoms with Crippen molar-refractivity contribution in [3.63, 3.8) is 0 Å². The zero-order chi connectivity index (χ0) is 26.0. The highest BCUT2D eigenvalue weighted by Crippen LogP contribution is 2.15. The first-order valence-electron chi connectivity index (χ1n) is 11.9. The van der Waals surface area contributed by atoms with E-state index in [-0.39, 0.29) is 6.61 Å². The third kappa shape index (κ3) is 9.58. The highest BCUT2D eigenvalue weighted by molar-refractivity contribution is 5.77. The number of anilines is 1. The third-order valence-electron chi connectivity index (χ3n) is 5.27. The molecule has 0 aliphatic carbocycles. The molecule has 8 heteroatoms. The van der Waals surface area contributed by atoms with Crippen LogP contribution >= 0.6 is 0 Å². The second-order valence-electron chi connectivity index (χ2n) is 9.60. The Morgan fingerprint density at radius 1 is 1.00 bits per heavy atom. The van der Waals surface area contributed by atoms with Gasteiger partial charge in [0.1, 0.15) is 17.7 Å². The molecule has 0 bridgehead atoms. The van der Waals surface area contributed by atoms with E-state index in [0.717, 1.165) is 16.8 Å². The summed E-state index contributed by atoms with van der Waals surface area (Å²) < 4.78 is 10.6. The summed E-state index contributed by atoms with van der Waals surface area (Å²) in [5.41, 5.74) is 2.19. The molecular formula is C27H39N3O5. The number of benzene rings is 2. The first kappa shape index (κ1) is 28.1. The van der Waals surface area contributed by atoms with Crippen LogP contribution < -0.4 is 15.5 Å². The lowest BCUT2D eigenvalue weighted by Crippen LogP contribution is -2.57. The number of hydrogen-bond donors (Lipinski definition) is 3. The summed E-state index contributed by atoms with van der Waals surface area (Å²) in [6, 6.07) is 15.5. The van der Waals surface area contributed by atoms with Gasteiger partial charge in [-0.05, 0) is 57.4 Å². The molecule has 0 aliphatic rings. The van der Waals surface area contributed by atoms with Gasteiger partial charge in [-0.1, -0.05) is 42.5 Å². The van der Waals surface area contributed by atoms with Crippen molar-refractivity contribution in [2.75, 3.05) is 25.6 Å². The number of hydrogen-bond acceptors (Lipinski definition) is 7. The highest BCUT2D eigenvalue weighted by Gasteiger charge is 2.35. The molecule has 0 spiro atoms. The average molecular weight is 486 g/mol. The number of rotatable bonds is 11. The Balaban J connectivity index is 2.24. The number of esters is 1. The Morgan fingerprint density at radius 2 is 1.63 bits per heavy atom. The van der Waals surface area contributed by atoms with Crippen molar-refractivity contribution < 1.29 is 24.2 Å². The average Bonchev–Trinajstić information content (AvgIpc) is 2.78. The third-order valence-corrected chi connectivity index (χ3v) is 5.27. The lowest BCUT2D eigenvalue weighted by Gasteiger charge is -2.31. The predicted octanol–water partition coefficient (Wildman–Crippen LogP) is 3.27. The molecule has 3 N–H and O–H groups in total. The first-order chi connectivity index (χ1) is 16.5. The second-order valence-corrected chi connectivity index (χ2v) is 9.60. The van der Waals surface area contributed by atoms with Gasteiger partial charge in [0.2, 0.25) is 0 Å². The van der Waals surface area contributed by atoms with Crippen LogP contribution in [0, 0.1) is 0 Å². The van der Waals surface area contributed by atoms with E-state index in [2.05, 4.69) is 10.6 Å². The number of nitrogens with zero attached hydrogens (tertiary/aromatic N) is 1. The van der Waals surface area contributed by atoms with Gasteiger partial charge in [0.05, 0.1) is 12.6 Å². The zero-order valence-electron chi connectivity index (χ0n) is 21.6. The van der Waals surface area contributed by atoms with E-state index in [4.69, 9.17) is 9.47 Å². The van der Waals surface area contributed by atoms with E-state index in [1.807, 2.05) is 73.6 Å². The van der Waals surface area contributed by atoms with Crippen LogP contribution in [0.1, 0.15) is 38.8 Å². The topological polar surface area (TPSA) is 100 Å². The first-order valence-corrected chi connectivity index (χ1v) is 11.9. The smallest absolute Gasteiger partial charge is 0.407 e. The monoisotopic (exact) mass is 485 g/mol. The van der Waals surface area contributed by atoms with Crippen LogP contribution in [0.2, 0.25) is 0 Å². The standard InChI is InChI=1S/C27H39N3O5/c1-7-34-25(32)23(28-18-20-13-15-21(16-14-20)30(5)6)24(31)22(17-19-11-9-8-10-12-19)29-26(33)35-27(2,3)4/h8-16,22-24,28,31H,7,17-18H2,1-6H3,(H,29,33)/t22-,23+,24+/m0/s1. The molecular weight excluding hydrogens is 446 g/mol. The molecule has 0 saturated carbocycles. The van der Waals surface area contributed by atoms with E-state index in [1.54, 1.807) is 27.7 Å². The second kappa shape index (κ2) is 13.1. The van der Waals surface area contributed by atoms with Crippen LogP contribution in [0.25, 0.3) is 0 Å². The number of carbonyl (C=O) groups excluding carboxylic acids is 2. The molecule has 1 amide bonds. The minimum Gasteiger partial charge on any atom is -0.465 e. The molecule has 0 radical (unpaired) electrons. The van der Waals surface area contributed by atoms with Crippen LogP contribution in [0.5, 0.6) is 0 Å². The molecule has 0 unspecified atom stereocenters. The van der Waals surface area contributed by atoms with E-state index in [0.29, 0.717) is 13.0 Å². The Kier molecular flexibility index (Phi) is 10.5. The molecule has 192 valence electrons. The molecule has 2 aromatic rings.